The van der Waals surface area contributed by atoms with Gasteiger partial charge in [0.1, 0.15) is 5.75 Å². The second-order valence-electron chi connectivity index (χ2n) is 7.57. The minimum atomic E-state index is -1.17. The molecule has 0 spiro atoms. The molecule has 0 unspecified atom stereocenters. The van der Waals surface area contributed by atoms with Crippen molar-refractivity contribution in [2.75, 3.05) is 17.2 Å². The molecule has 0 saturated heterocycles. The number of nitrogens with zero attached hydrogens (tertiary/aromatic N) is 1. The van der Waals surface area contributed by atoms with Crippen LogP contribution < -0.4 is 10.6 Å². The van der Waals surface area contributed by atoms with Gasteiger partial charge in [-0.05, 0) is 54.4 Å². The molecule has 0 atom stereocenters. The van der Waals surface area contributed by atoms with E-state index in [9.17, 15) is 19.8 Å². The number of aromatic hydroxyl groups is 1. The van der Waals surface area contributed by atoms with E-state index in [0.29, 0.717) is 5.56 Å². The number of phenols is 1. The quantitative estimate of drug-likeness (QED) is 0.294. The lowest BCUT2D eigenvalue weighted by Gasteiger charge is -2.15. The van der Waals surface area contributed by atoms with E-state index < -0.39 is 11.9 Å². The first-order chi connectivity index (χ1) is 16.5. The number of anilines is 2. The number of carboxylic acid groups (broad SMARTS) is 1. The van der Waals surface area contributed by atoms with E-state index in [1.807, 2.05) is 37.3 Å². The van der Waals surface area contributed by atoms with Crippen molar-refractivity contribution in [1.82, 2.24) is 4.98 Å². The number of para-hydroxylation sites is 1. The molecule has 7 heteroatoms. The van der Waals surface area contributed by atoms with Crippen LogP contribution in [-0.4, -0.2) is 33.6 Å². The van der Waals surface area contributed by atoms with Crippen molar-refractivity contribution >= 4 is 23.3 Å². The second kappa shape index (κ2) is 9.87. The number of benzene rings is 3. The summed E-state index contributed by atoms with van der Waals surface area (Å²) < 4.78 is 0. The lowest BCUT2D eigenvalue weighted by Crippen LogP contribution is -2.15. The number of carbonyl (C=O) groups is 2. The molecular weight excluding hydrogens is 430 g/mol. The third kappa shape index (κ3) is 4.73. The number of carboxylic acids is 1. The molecule has 1 aromatic heterocycles. The minimum Gasteiger partial charge on any atom is -0.507 e. The normalized spacial score (nSPS) is 10.5. The molecule has 4 N–H and O–H groups in total. The molecule has 0 aliphatic rings. The third-order valence-corrected chi connectivity index (χ3v) is 5.34. The summed E-state index contributed by atoms with van der Waals surface area (Å²) in [5, 5.41) is 26.0. The molecule has 7 nitrogen and oxygen atoms in total. The van der Waals surface area contributed by atoms with Gasteiger partial charge >= 0.3 is 5.97 Å². The number of nitrogens with one attached hydrogen (secondary N) is 2. The van der Waals surface area contributed by atoms with Gasteiger partial charge in [-0.15, -0.1) is 0 Å². The van der Waals surface area contributed by atoms with Crippen LogP contribution in [0, 0.1) is 0 Å². The van der Waals surface area contributed by atoms with Gasteiger partial charge in [0.15, 0.2) is 0 Å². The van der Waals surface area contributed by atoms with Gasteiger partial charge in [-0.2, -0.15) is 0 Å². The summed E-state index contributed by atoms with van der Waals surface area (Å²) in [6.45, 7) is 2.71. The number of hydrogen-bond acceptors (Lipinski definition) is 5. The number of rotatable bonds is 7. The summed E-state index contributed by atoms with van der Waals surface area (Å²) >= 11 is 0. The summed E-state index contributed by atoms with van der Waals surface area (Å²) in [6, 6.07) is 20.7. The Labute approximate surface area is 196 Å². The highest BCUT2D eigenvalue weighted by atomic mass is 16.4. The van der Waals surface area contributed by atoms with Crippen LogP contribution in [0.3, 0.4) is 0 Å². The highest BCUT2D eigenvalue weighted by Gasteiger charge is 2.18. The summed E-state index contributed by atoms with van der Waals surface area (Å²) in [5.74, 6) is -2.01. The number of aromatic nitrogens is 1. The Morgan fingerprint density at radius 1 is 0.853 bits per heavy atom. The molecule has 170 valence electrons. The molecule has 0 bridgehead atoms. The number of carbonyl (C=O) groups excluding carboxylic acids is 1. The molecule has 3 aromatic carbocycles. The second-order valence-corrected chi connectivity index (χ2v) is 7.57. The monoisotopic (exact) mass is 453 g/mol. The van der Waals surface area contributed by atoms with E-state index in [-0.39, 0.29) is 22.6 Å². The first-order valence-corrected chi connectivity index (χ1v) is 10.7. The van der Waals surface area contributed by atoms with Crippen molar-refractivity contribution < 1.29 is 19.8 Å². The van der Waals surface area contributed by atoms with Crippen LogP contribution in [0.25, 0.3) is 22.3 Å². The van der Waals surface area contributed by atoms with Gasteiger partial charge in [-0.25, -0.2) is 4.79 Å². The fraction of sp³-hybridized carbons (Fsp3) is 0.0741. The van der Waals surface area contributed by atoms with E-state index in [0.717, 1.165) is 28.9 Å². The molecule has 0 fully saturated rings. The van der Waals surface area contributed by atoms with Crippen molar-refractivity contribution in [3.8, 4) is 28.0 Å². The number of aromatic carboxylic acids is 1. The molecule has 0 radical (unpaired) electrons. The van der Waals surface area contributed by atoms with Crippen LogP contribution in [-0.2, 0) is 0 Å². The lowest BCUT2D eigenvalue weighted by atomic mass is 10.00. The van der Waals surface area contributed by atoms with E-state index in [2.05, 4.69) is 15.6 Å². The van der Waals surface area contributed by atoms with Crippen LogP contribution in [0.5, 0.6) is 5.75 Å². The van der Waals surface area contributed by atoms with Crippen molar-refractivity contribution in [2.45, 2.75) is 6.92 Å². The Morgan fingerprint density at radius 3 is 2.38 bits per heavy atom. The van der Waals surface area contributed by atoms with E-state index >= 15 is 0 Å². The first kappa shape index (κ1) is 22.5. The Morgan fingerprint density at radius 2 is 1.65 bits per heavy atom. The summed E-state index contributed by atoms with van der Waals surface area (Å²) in [6.07, 6.45) is 3.30. The van der Waals surface area contributed by atoms with Crippen LogP contribution >= 0.6 is 0 Å². The molecule has 34 heavy (non-hydrogen) atoms. The zero-order chi connectivity index (χ0) is 24.1. The Hall–Kier alpha value is -4.65. The lowest BCUT2D eigenvalue weighted by molar-refractivity contribution is 0.0698. The SMILES string of the molecule is CCNc1ccccc1-c1ccc(C(=O)O)c(NC(=O)c2cc(-c3cccnc3)ccc2O)c1. The predicted octanol–water partition coefficient (Wildman–Crippen LogP) is 5.50. The van der Waals surface area contributed by atoms with Crippen molar-refractivity contribution in [2.24, 2.45) is 0 Å². The molecule has 1 heterocycles. The minimum absolute atomic E-state index is 0.0242. The molecule has 4 rings (SSSR count). The van der Waals surface area contributed by atoms with Gasteiger partial charge in [0.2, 0.25) is 0 Å². The Kier molecular flexibility index (Phi) is 6.54. The molecule has 0 aliphatic carbocycles. The maximum atomic E-state index is 13.1. The van der Waals surface area contributed by atoms with Crippen LogP contribution in [0.4, 0.5) is 11.4 Å². The summed E-state index contributed by atoms with van der Waals surface area (Å²) in [5.41, 5.74) is 4.09. The fourth-order valence-electron chi connectivity index (χ4n) is 3.70. The number of hydrogen-bond donors (Lipinski definition) is 4. The molecule has 4 aromatic rings. The average molecular weight is 453 g/mol. The molecule has 1 amide bonds. The Bertz CT molecular complexity index is 1350. The number of amides is 1. The smallest absolute Gasteiger partial charge is 0.337 e. The molecule has 0 aliphatic heterocycles. The standard InChI is InChI=1S/C27H23N3O4/c1-2-29-23-8-4-3-7-20(23)18-9-11-21(27(33)34)24(15-18)30-26(32)22-14-17(10-12-25(22)31)19-6-5-13-28-16-19/h3-16,29,31H,2H2,1H3,(H,30,32)(H,33,34). The predicted molar refractivity (Wildman–Crippen MR) is 132 cm³/mol. The van der Waals surface area contributed by atoms with E-state index in [4.69, 9.17) is 0 Å². The van der Waals surface area contributed by atoms with Gasteiger partial charge < -0.3 is 20.8 Å². The zero-order valence-corrected chi connectivity index (χ0v) is 18.4. The van der Waals surface area contributed by atoms with Crippen molar-refractivity contribution in [3.63, 3.8) is 0 Å². The highest BCUT2D eigenvalue weighted by Crippen LogP contribution is 2.32. The van der Waals surface area contributed by atoms with E-state index in [1.54, 1.807) is 42.7 Å². The van der Waals surface area contributed by atoms with Crippen LogP contribution in [0.15, 0.2) is 85.2 Å². The Balaban J connectivity index is 1.72. The van der Waals surface area contributed by atoms with Gasteiger partial charge in [0.05, 0.1) is 16.8 Å². The van der Waals surface area contributed by atoms with Gasteiger partial charge in [0.25, 0.3) is 5.91 Å². The summed E-state index contributed by atoms with van der Waals surface area (Å²) in [4.78, 5) is 29.0. The fourth-order valence-corrected chi connectivity index (χ4v) is 3.70. The maximum absolute atomic E-state index is 13.1. The number of phenolic OH excluding ortho intramolecular Hbond substituents is 1. The topological polar surface area (TPSA) is 112 Å². The van der Waals surface area contributed by atoms with E-state index in [1.165, 1.54) is 12.1 Å². The van der Waals surface area contributed by atoms with Gasteiger partial charge in [0, 0.05) is 35.8 Å². The van der Waals surface area contributed by atoms with Crippen molar-refractivity contribution in [3.05, 3.63) is 96.3 Å². The van der Waals surface area contributed by atoms with Crippen LogP contribution in [0.1, 0.15) is 27.6 Å². The summed E-state index contributed by atoms with van der Waals surface area (Å²) in [7, 11) is 0. The number of pyridine rings is 1. The third-order valence-electron chi connectivity index (χ3n) is 5.34. The van der Waals surface area contributed by atoms with Gasteiger partial charge in [-0.3, -0.25) is 9.78 Å². The van der Waals surface area contributed by atoms with Gasteiger partial charge in [-0.1, -0.05) is 36.4 Å². The molecule has 0 saturated carbocycles. The van der Waals surface area contributed by atoms with Crippen LogP contribution in [0.2, 0.25) is 0 Å². The zero-order valence-electron chi connectivity index (χ0n) is 18.4. The molecular formula is C27H23N3O4. The first-order valence-electron chi connectivity index (χ1n) is 10.7. The average Bonchev–Trinajstić information content (AvgIpc) is 2.85. The largest absolute Gasteiger partial charge is 0.507 e. The van der Waals surface area contributed by atoms with Crippen molar-refractivity contribution in [1.29, 1.82) is 0 Å². The highest BCUT2D eigenvalue weighted by molar-refractivity contribution is 6.10. The maximum Gasteiger partial charge on any atom is 0.337 e.